The van der Waals surface area contributed by atoms with Crippen LogP contribution in [-0.4, -0.2) is 30.0 Å². The third-order valence-electron chi connectivity index (χ3n) is 3.00. The van der Waals surface area contributed by atoms with Gasteiger partial charge >= 0.3 is 5.97 Å². The number of methoxy groups -OCH3 is 2. The van der Waals surface area contributed by atoms with Crippen molar-refractivity contribution in [3.8, 4) is 11.4 Å². The number of nitrogens with zero attached hydrogens (tertiary/aromatic N) is 2. The maximum atomic E-state index is 11.7. The molecule has 2 aromatic rings. The summed E-state index contributed by atoms with van der Waals surface area (Å²) < 4.78 is 11.6. The normalized spacial score (nSPS) is 10.3. The van der Waals surface area contributed by atoms with Crippen LogP contribution in [0.2, 0.25) is 0 Å². The molecule has 0 radical (unpaired) electrons. The highest BCUT2D eigenvalue weighted by Gasteiger charge is 2.19. The Bertz CT molecular complexity index is 600. The molecule has 0 aliphatic rings. The molecule has 2 rings (SSSR count). The molecule has 19 heavy (non-hydrogen) atoms. The number of aromatic nitrogens is 2. The van der Waals surface area contributed by atoms with Gasteiger partial charge in [-0.1, -0.05) is 0 Å². The molecular weight excluding hydrogens is 244 g/mol. The monoisotopic (exact) mass is 260 g/mol. The number of benzene rings is 1. The van der Waals surface area contributed by atoms with Crippen molar-refractivity contribution in [2.45, 2.75) is 13.8 Å². The molecule has 0 aliphatic heterocycles. The van der Waals surface area contributed by atoms with Gasteiger partial charge in [0.05, 0.1) is 31.3 Å². The number of hydrogen-bond donors (Lipinski definition) is 0. The number of carbonyl (C=O) groups excluding carboxylic acids is 1. The van der Waals surface area contributed by atoms with Crippen molar-refractivity contribution in [1.82, 2.24) is 9.78 Å². The molecule has 0 amide bonds. The van der Waals surface area contributed by atoms with Crippen molar-refractivity contribution >= 4 is 5.97 Å². The maximum Gasteiger partial charge on any atom is 0.341 e. The van der Waals surface area contributed by atoms with Crippen molar-refractivity contribution in [2.24, 2.45) is 0 Å². The minimum absolute atomic E-state index is 0.366. The van der Waals surface area contributed by atoms with Gasteiger partial charge in [0.1, 0.15) is 11.3 Å². The smallest absolute Gasteiger partial charge is 0.341 e. The Labute approximate surface area is 111 Å². The van der Waals surface area contributed by atoms with E-state index in [1.54, 1.807) is 18.7 Å². The summed E-state index contributed by atoms with van der Waals surface area (Å²) in [6, 6.07) is 7.48. The van der Waals surface area contributed by atoms with Gasteiger partial charge < -0.3 is 9.47 Å². The molecule has 0 fully saturated rings. The lowest BCUT2D eigenvalue weighted by Gasteiger charge is -2.06. The van der Waals surface area contributed by atoms with Crippen molar-refractivity contribution in [3.63, 3.8) is 0 Å². The number of aryl methyl sites for hydroxylation is 1. The minimum atomic E-state index is -0.366. The maximum absolute atomic E-state index is 11.7. The van der Waals surface area contributed by atoms with Crippen LogP contribution in [0.1, 0.15) is 21.7 Å². The molecule has 0 saturated carbocycles. The molecule has 0 spiro atoms. The largest absolute Gasteiger partial charge is 0.497 e. The van der Waals surface area contributed by atoms with Crippen LogP contribution >= 0.6 is 0 Å². The lowest BCUT2D eigenvalue weighted by molar-refractivity contribution is 0.0599. The summed E-state index contributed by atoms with van der Waals surface area (Å²) in [7, 11) is 2.99. The van der Waals surface area contributed by atoms with E-state index in [-0.39, 0.29) is 5.97 Å². The lowest BCUT2D eigenvalue weighted by atomic mass is 10.2. The Morgan fingerprint density at radius 3 is 2.32 bits per heavy atom. The number of rotatable bonds is 3. The van der Waals surface area contributed by atoms with Crippen LogP contribution in [-0.2, 0) is 4.74 Å². The molecule has 0 atom stereocenters. The molecular formula is C14H16N2O3. The molecule has 0 unspecified atom stereocenters. The Morgan fingerprint density at radius 2 is 1.79 bits per heavy atom. The van der Waals surface area contributed by atoms with Gasteiger partial charge in [0.2, 0.25) is 0 Å². The second kappa shape index (κ2) is 5.14. The van der Waals surface area contributed by atoms with Crippen LogP contribution in [0, 0.1) is 13.8 Å². The molecule has 5 heteroatoms. The molecule has 100 valence electrons. The summed E-state index contributed by atoms with van der Waals surface area (Å²) in [5.41, 5.74) is 2.80. The van der Waals surface area contributed by atoms with E-state index in [1.807, 2.05) is 31.2 Å². The van der Waals surface area contributed by atoms with E-state index < -0.39 is 0 Å². The van der Waals surface area contributed by atoms with Crippen LogP contribution in [0.5, 0.6) is 5.75 Å². The third-order valence-corrected chi connectivity index (χ3v) is 3.00. The van der Waals surface area contributed by atoms with Crippen molar-refractivity contribution in [1.29, 1.82) is 0 Å². The molecule has 1 heterocycles. The van der Waals surface area contributed by atoms with Gasteiger partial charge in [-0.2, -0.15) is 5.10 Å². The quantitative estimate of drug-likeness (QED) is 0.794. The average Bonchev–Trinajstić information content (AvgIpc) is 2.73. The SMILES string of the molecule is COC(=O)c1c(C)nn(-c2ccc(OC)cc2)c1C. The number of hydrogen-bond acceptors (Lipinski definition) is 4. The third kappa shape index (κ3) is 2.31. The van der Waals surface area contributed by atoms with E-state index in [0.717, 1.165) is 17.1 Å². The summed E-state index contributed by atoms with van der Waals surface area (Å²) in [5, 5.41) is 4.38. The van der Waals surface area contributed by atoms with Gasteiger partial charge in [-0.3, -0.25) is 0 Å². The van der Waals surface area contributed by atoms with Crippen LogP contribution in [0.3, 0.4) is 0 Å². The topological polar surface area (TPSA) is 53.3 Å². The fourth-order valence-corrected chi connectivity index (χ4v) is 2.01. The first-order chi connectivity index (χ1) is 9.08. The van der Waals surface area contributed by atoms with E-state index in [0.29, 0.717) is 11.3 Å². The number of ether oxygens (including phenoxy) is 2. The standard InChI is InChI=1S/C14H16N2O3/c1-9-13(14(17)19-4)10(2)16(15-9)11-5-7-12(18-3)8-6-11/h5-8H,1-4H3. The lowest BCUT2D eigenvalue weighted by Crippen LogP contribution is -2.05. The van der Waals surface area contributed by atoms with Gasteiger partial charge in [-0.25, -0.2) is 9.48 Å². The Morgan fingerprint density at radius 1 is 1.16 bits per heavy atom. The molecule has 0 saturated heterocycles. The Kier molecular flexibility index (Phi) is 3.55. The molecule has 0 N–H and O–H groups in total. The summed E-state index contributed by atoms with van der Waals surface area (Å²) in [6.45, 7) is 3.63. The van der Waals surface area contributed by atoms with Gasteiger partial charge in [0.25, 0.3) is 0 Å². The van der Waals surface area contributed by atoms with Gasteiger partial charge in [0, 0.05) is 0 Å². The summed E-state index contributed by atoms with van der Waals surface area (Å²) >= 11 is 0. The number of carbonyl (C=O) groups is 1. The zero-order chi connectivity index (χ0) is 14.0. The van der Waals surface area contributed by atoms with Crippen LogP contribution in [0.25, 0.3) is 5.69 Å². The van der Waals surface area contributed by atoms with Gasteiger partial charge in [-0.05, 0) is 38.1 Å². The molecule has 0 bridgehead atoms. The van der Waals surface area contributed by atoms with Crippen LogP contribution in [0.4, 0.5) is 0 Å². The fourth-order valence-electron chi connectivity index (χ4n) is 2.01. The van der Waals surface area contributed by atoms with E-state index in [2.05, 4.69) is 5.10 Å². The van der Waals surface area contributed by atoms with Crippen LogP contribution in [0.15, 0.2) is 24.3 Å². The molecule has 1 aromatic carbocycles. The minimum Gasteiger partial charge on any atom is -0.497 e. The molecule has 5 nitrogen and oxygen atoms in total. The first kappa shape index (κ1) is 13.1. The first-order valence-corrected chi connectivity index (χ1v) is 5.87. The highest BCUT2D eigenvalue weighted by molar-refractivity contribution is 5.91. The second-order valence-corrected chi connectivity index (χ2v) is 4.15. The zero-order valence-electron chi connectivity index (χ0n) is 11.4. The average molecular weight is 260 g/mol. The van der Waals surface area contributed by atoms with Crippen molar-refractivity contribution < 1.29 is 14.3 Å². The van der Waals surface area contributed by atoms with Gasteiger partial charge in [-0.15, -0.1) is 0 Å². The number of esters is 1. The summed E-state index contributed by atoms with van der Waals surface area (Å²) in [6.07, 6.45) is 0. The van der Waals surface area contributed by atoms with Crippen molar-refractivity contribution in [2.75, 3.05) is 14.2 Å². The Hall–Kier alpha value is -2.30. The van der Waals surface area contributed by atoms with Crippen LogP contribution < -0.4 is 4.74 Å². The summed E-state index contributed by atoms with van der Waals surface area (Å²) in [4.78, 5) is 11.7. The molecule has 0 aliphatic carbocycles. The van der Waals surface area contributed by atoms with E-state index in [1.165, 1.54) is 7.11 Å². The second-order valence-electron chi connectivity index (χ2n) is 4.15. The zero-order valence-corrected chi connectivity index (χ0v) is 11.4. The highest BCUT2D eigenvalue weighted by atomic mass is 16.5. The van der Waals surface area contributed by atoms with Gasteiger partial charge in [0.15, 0.2) is 0 Å². The molecule has 1 aromatic heterocycles. The predicted octanol–water partition coefficient (Wildman–Crippen LogP) is 2.28. The van der Waals surface area contributed by atoms with Crippen molar-refractivity contribution in [3.05, 3.63) is 41.2 Å². The van der Waals surface area contributed by atoms with E-state index >= 15 is 0 Å². The highest BCUT2D eigenvalue weighted by Crippen LogP contribution is 2.20. The van der Waals surface area contributed by atoms with E-state index in [9.17, 15) is 4.79 Å². The Balaban J connectivity index is 2.48. The first-order valence-electron chi connectivity index (χ1n) is 5.87. The van der Waals surface area contributed by atoms with E-state index in [4.69, 9.17) is 9.47 Å². The summed E-state index contributed by atoms with van der Waals surface area (Å²) in [5.74, 6) is 0.410. The fraction of sp³-hybridized carbons (Fsp3) is 0.286. The predicted molar refractivity (Wildman–Crippen MR) is 70.9 cm³/mol.